The molecule has 0 fully saturated rings. The van der Waals surface area contributed by atoms with Crippen LogP contribution in [0, 0.1) is 11.7 Å². The SMILES string of the molecule is CC(C)CNC(=O)CSc1n[nH]c(-c2ccccc2F)n1. The molecule has 0 saturated heterocycles. The molecular formula is C14H17FN4OS. The summed E-state index contributed by atoms with van der Waals surface area (Å²) in [6.45, 7) is 4.71. The van der Waals surface area contributed by atoms with Gasteiger partial charge in [0.25, 0.3) is 0 Å². The van der Waals surface area contributed by atoms with Crippen molar-refractivity contribution < 1.29 is 9.18 Å². The fraction of sp³-hybridized carbons (Fsp3) is 0.357. The molecule has 0 aliphatic rings. The summed E-state index contributed by atoms with van der Waals surface area (Å²) in [7, 11) is 0. The lowest BCUT2D eigenvalue weighted by Crippen LogP contribution is -2.28. The van der Waals surface area contributed by atoms with Crippen LogP contribution in [0.2, 0.25) is 0 Å². The summed E-state index contributed by atoms with van der Waals surface area (Å²) in [5, 5.41) is 9.90. The molecule has 0 bridgehead atoms. The number of benzene rings is 1. The molecule has 0 unspecified atom stereocenters. The van der Waals surface area contributed by atoms with Gasteiger partial charge >= 0.3 is 0 Å². The van der Waals surface area contributed by atoms with Crippen molar-refractivity contribution in [2.45, 2.75) is 19.0 Å². The van der Waals surface area contributed by atoms with E-state index in [1.165, 1.54) is 17.8 Å². The molecule has 0 atom stereocenters. The Morgan fingerprint density at radius 3 is 2.90 bits per heavy atom. The topological polar surface area (TPSA) is 70.7 Å². The average molecular weight is 308 g/mol. The van der Waals surface area contributed by atoms with Gasteiger partial charge in [0.05, 0.1) is 11.3 Å². The Labute approximate surface area is 126 Å². The molecule has 7 heteroatoms. The van der Waals surface area contributed by atoms with E-state index in [1.807, 2.05) is 13.8 Å². The van der Waals surface area contributed by atoms with E-state index in [0.29, 0.717) is 29.0 Å². The fourth-order valence-corrected chi connectivity index (χ4v) is 2.21. The van der Waals surface area contributed by atoms with Crippen molar-refractivity contribution in [3.05, 3.63) is 30.1 Å². The Bertz CT molecular complexity index is 615. The van der Waals surface area contributed by atoms with Crippen LogP contribution in [0.3, 0.4) is 0 Å². The van der Waals surface area contributed by atoms with Crippen molar-refractivity contribution in [3.8, 4) is 11.4 Å². The lowest BCUT2D eigenvalue weighted by Gasteiger charge is -2.05. The van der Waals surface area contributed by atoms with Crippen molar-refractivity contribution in [1.82, 2.24) is 20.5 Å². The molecule has 2 rings (SSSR count). The quantitative estimate of drug-likeness (QED) is 0.804. The van der Waals surface area contributed by atoms with Crippen LogP contribution in [0.5, 0.6) is 0 Å². The van der Waals surface area contributed by atoms with E-state index < -0.39 is 0 Å². The number of hydrogen-bond donors (Lipinski definition) is 2. The van der Waals surface area contributed by atoms with Gasteiger partial charge in [-0.25, -0.2) is 9.37 Å². The summed E-state index contributed by atoms with van der Waals surface area (Å²) in [5.41, 5.74) is 0.362. The summed E-state index contributed by atoms with van der Waals surface area (Å²) >= 11 is 1.21. The molecule has 0 aliphatic carbocycles. The number of H-pyrrole nitrogens is 1. The minimum Gasteiger partial charge on any atom is -0.355 e. The lowest BCUT2D eigenvalue weighted by molar-refractivity contribution is -0.118. The predicted octanol–water partition coefficient (Wildman–Crippen LogP) is 2.48. The van der Waals surface area contributed by atoms with Gasteiger partial charge in [-0.2, -0.15) is 0 Å². The number of nitrogens with zero attached hydrogens (tertiary/aromatic N) is 2. The second kappa shape index (κ2) is 7.21. The zero-order chi connectivity index (χ0) is 15.2. The maximum absolute atomic E-state index is 13.6. The number of thioether (sulfide) groups is 1. The first-order chi connectivity index (χ1) is 10.1. The summed E-state index contributed by atoms with van der Waals surface area (Å²) in [4.78, 5) is 15.8. The molecule has 1 amide bonds. The molecule has 0 aliphatic heterocycles. The molecule has 5 nitrogen and oxygen atoms in total. The first kappa shape index (κ1) is 15.5. The molecule has 1 heterocycles. The summed E-state index contributed by atoms with van der Waals surface area (Å²) in [6.07, 6.45) is 0. The third-order valence-electron chi connectivity index (χ3n) is 2.63. The molecule has 1 aromatic carbocycles. The van der Waals surface area contributed by atoms with Crippen molar-refractivity contribution in [1.29, 1.82) is 0 Å². The van der Waals surface area contributed by atoms with Crippen molar-refractivity contribution in [2.75, 3.05) is 12.3 Å². The van der Waals surface area contributed by atoms with Gasteiger partial charge in [-0.1, -0.05) is 37.7 Å². The van der Waals surface area contributed by atoms with Gasteiger partial charge in [-0.05, 0) is 18.1 Å². The first-order valence-electron chi connectivity index (χ1n) is 6.63. The lowest BCUT2D eigenvalue weighted by atomic mass is 10.2. The fourth-order valence-electron chi connectivity index (χ4n) is 1.58. The van der Waals surface area contributed by atoms with Gasteiger partial charge < -0.3 is 5.32 Å². The number of carbonyl (C=O) groups excluding carboxylic acids is 1. The highest BCUT2D eigenvalue weighted by atomic mass is 32.2. The Kier molecular flexibility index (Phi) is 5.32. The van der Waals surface area contributed by atoms with Gasteiger partial charge in [0, 0.05) is 6.54 Å². The van der Waals surface area contributed by atoms with E-state index >= 15 is 0 Å². The monoisotopic (exact) mass is 308 g/mol. The minimum atomic E-state index is -0.361. The molecule has 2 N–H and O–H groups in total. The van der Waals surface area contributed by atoms with Gasteiger partial charge in [-0.3, -0.25) is 9.89 Å². The Hall–Kier alpha value is -1.89. The molecule has 112 valence electrons. The second-order valence-electron chi connectivity index (χ2n) is 4.93. The average Bonchev–Trinajstić information content (AvgIpc) is 2.92. The standard InChI is InChI=1S/C14H17FN4OS/c1-9(2)7-16-12(20)8-21-14-17-13(18-19-14)10-5-3-4-6-11(10)15/h3-6,9H,7-8H2,1-2H3,(H,16,20)(H,17,18,19). The van der Waals surface area contributed by atoms with E-state index in [4.69, 9.17) is 0 Å². The predicted molar refractivity (Wildman–Crippen MR) is 80.3 cm³/mol. The number of amides is 1. The van der Waals surface area contributed by atoms with Crippen LogP contribution in [0.25, 0.3) is 11.4 Å². The highest BCUT2D eigenvalue weighted by Crippen LogP contribution is 2.21. The summed E-state index contributed by atoms with van der Waals surface area (Å²) in [5.74, 6) is 0.584. The number of nitrogens with one attached hydrogen (secondary N) is 2. The van der Waals surface area contributed by atoms with Crippen LogP contribution < -0.4 is 5.32 Å². The van der Waals surface area contributed by atoms with Crippen LogP contribution in [0.4, 0.5) is 4.39 Å². The molecule has 0 spiro atoms. The zero-order valence-electron chi connectivity index (χ0n) is 11.9. The Balaban J connectivity index is 1.92. The maximum atomic E-state index is 13.6. The van der Waals surface area contributed by atoms with E-state index in [1.54, 1.807) is 18.2 Å². The van der Waals surface area contributed by atoms with Gasteiger partial charge in [0.1, 0.15) is 5.82 Å². The van der Waals surface area contributed by atoms with E-state index in [0.717, 1.165) is 0 Å². The second-order valence-corrected chi connectivity index (χ2v) is 5.88. The van der Waals surface area contributed by atoms with Crippen LogP contribution in [0.15, 0.2) is 29.4 Å². The van der Waals surface area contributed by atoms with Crippen LogP contribution in [0.1, 0.15) is 13.8 Å². The highest BCUT2D eigenvalue weighted by molar-refractivity contribution is 7.99. The molecule has 21 heavy (non-hydrogen) atoms. The largest absolute Gasteiger partial charge is 0.355 e. The molecule has 0 radical (unpaired) electrons. The summed E-state index contributed by atoms with van der Waals surface area (Å²) < 4.78 is 13.6. The van der Waals surface area contributed by atoms with Crippen molar-refractivity contribution in [2.24, 2.45) is 5.92 Å². The highest BCUT2D eigenvalue weighted by Gasteiger charge is 2.11. The third kappa shape index (κ3) is 4.56. The molecular weight excluding hydrogens is 291 g/mol. The number of halogens is 1. The van der Waals surface area contributed by atoms with Crippen LogP contribution in [-0.4, -0.2) is 33.4 Å². The first-order valence-corrected chi connectivity index (χ1v) is 7.61. The van der Waals surface area contributed by atoms with Crippen LogP contribution >= 0.6 is 11.8 Å². The summed E-state index contributed by atoms with van der Waals surface area (Å²) in [6, 6.07) is 6.33. The van der Waals surface area contributed by atoms with Crippen LogP contribution in [-0.2, 0) is 4.79 Å². The Morgan fingerprint density at radius 2 is 2.19 bits per heavy atom. The maximum Gasteiger partial charge on any atom is 0.230 e. The third-order valence-corrected chi connectivity index (χ3v) is 3.48. The van der Waals surface area contributed by atoms with Gasteiger partial charge in [0.2, 0.25) is 11.1 Å². The Morgan fingerprint density at radius 1 is 1.43 bits per heavy atom. The number of carbonyl (C=O) groups is 1. The van der Waals surface area contributed by atoms with E-state index in [9.17, 15) is 9.18 Å². The smallest absolute Gasteiger partial charge is 0.230 e. The minimum absolute atomic E-state index is 0.0639. The number of rotatable bonds is 6. The van der Waals surface area contributed by atoms with Gasteiger partial charge in [-0.15, -0.1) is 5.10 Å². The number of aromatic amines is 1. The number of aromatic nitrogens is 3. The molecule has 1 aromatic heterocycles. The van der Waals surface area contributed by atoms with E-state index in [-0.39, 0.29) is 17.5 Å². The zero-order valence-corrected chi connectivity index (χ0v) is 12.7. The van der Waals surface area contributed by atoms with Crippen molar-refractivity contribution in [3.63, 3.8) is 0 Å². The van der Waals surface area contributed by atoms with Crippen molar-refractivity contribution >= 4 is 17.7 Å². The van der Waals surface area contributed by atoms with E-state index in [2.05, 4.69) is 20.5 Å². The molecule has 0 saturated carbocycles. The number of hydrogen-bond acceptors (Lipinski definition) is 4. The molecule has 2 aromatic rings. The normalized spacial score (nSPS) is 10.9. The van der Waals surface area contributed by atoms with Gasteiger partial charge in [0.15, 0.2) is 5.82 Å².